The average molecular weight is 997 g/mol. The zero-order valence-electron chi connectivity index (χ0n) is 42.0. The van der Waals surface area contributed by atoms with Crippen LogP contribution in [0.4, 0.5) is 0 Å². The van der Waals surface area contributed by atoms with Crippen molar-refractivity contribution in [1.29, 1.82) is 0 Å². The van der Waals surface area contributed by atoms with E-state index in [2.05, 4.69) is 5.32 Å². The molecule has 2 heterocycles. The van der Waals surface area contributed by atoms with Gasteiger partial charge >= 0.3 is 23.9 Å². The van der Waals surface area contributed by atoms with Crippen molar-refractivity contribution < 1.29 is 66.0 Å². The molecule has 2 saturated carbocycles. The maximum Gasteiger partial charge on any atom is 0.338 e. The van der Waals surface area contributed by atoms with Crippen LogP contribution in [-0.4, -0.2) is 107 Å². The molecule has 3 aromatic rings. The fourth-order valence-electron chi connectivity index (χ4n) is 12.2. The number of ether oxygens (including phenoxy) is 5. The molecule has 3 aliphatic carbocycles. The third kappa shape index (κ3) is 8.11. The zero-order valence-corrected chi connectivity index (χ0v) is 42.8. The minimum atomic E-state index is -4.11. The number of hydrogen-bond acceptors (Lipinski definition) is 14. The second kappa shape index (κ2) is 18.1. The second-order valence-corrected chi connectivity index (χ2v) is 23.0. The lowest BCUT2D eigenvalue weighted by molar-refractivity contribution is -0.340. The van der Waals surface area contributed by atoms with Crippen molar-refractivity contribution in [3.8, 4) is 0 Å². The highest BCUT2D eigenvalue weighted by Crippen LogP contribution is 2.66. The summed E-state index contributed by atoms with van der Waals surface area (Å²) in [6, 6.07) is 21.2. The van der Waals surface area contributed by atoms with E-state index in [0.29, 0.717) is 11.1 Å². The molecule has 0 spiro atoms. The molecular weight excluding hydrogens is 933 g/mol. The molecule has 2 N–H and O–H groups in total. The first-order valence-corrected chi connectivity index (χ1v) is 25.5. The van der Waals surface area contributed by atoms with Gasteiger partial charge in [-0.05, 0) is 87.9 Å². The van der Waals surface area contributed by atoms with Crippen molar-refractivity contribution in [2.24, 2.45) is 28.6 Å². The Kier molecular flexibility index (Phi) is 13.1. The van der Waals surface area contributed by atoms with E-state index in [4.69, 9.17) is 23.7 Å². The van der Waals surface area contributed by atoms with Crippen LogP contribution in [0.2, 0.25) is 0 Å². The molecule has 3 unspecified atom stereocenters. The van der Waals surface area contributed by atoms with Crippen molar-refractivity contribution in [3.63, 3.8) is 0 Å². The molecule has 14 atom stereocenters. The number of nitrogens with zero attached hydrogens (tertiary/aromatic N) is 1. The van der Waals surface area contributed by atoms with Crippen LogP contribution < -0.4 is 5.32 Å². The minimum Gasteiger partial charge on any atom is -0.457 e. The standard InChI is InChI=1S/C54H64N2O14S/c1-29-22-24-38(25-23-29)71(64,65)56-33(5)52(56,11)49(62)55-42(36-18-14-12-15-19-36)32(4)47(60)68-39-27-54(63)46(69-48(61)37-20-16-13-17-21-37)44-51(10,30(2)26-40-53(44,28-66-40)70-35(7)58)45(59)43(67-34(6)57)41(31(39)3)50(54,8)9/h12-25,30,32-33,39-40,42-44,46,63H,26-28H2,1-11H3,(H,55,62)/t30-,32+,33?,39-,40+,42+,43+,44-,46-,51+,52?,53-,54+,56?/m0/s1. The van der Waals surface area contributed by atoms with Crippen LogP contribution in [0.3, 0.4) is 0 Å². The van der Waals surface area contributed by atoms with E-state index in [1.807, 2.05) is 13.8 Å². The third-order valence-electron chi connectivity index (χ3n) is 16.8. The van der Waals surface area contributed by atoms with Gasteiger partial charge in [0, 0.05) is 31.1 Å². The first-order chi connectivity index (χ1) is 33.2. The summed E-state index contributed by atoms with van der Waals surface area (Å²) in [5.74, 6) is -7.52. The quantitative estimate of drug-likeness (QED) is 0.0903. The van der Waals surface area contributed by atoms with Crippen LogP contribution in [0.15, 0.2) is 101 Å². The summed E-state index contributed by atoms with van der Waals surface area (Å²) >= 11 is 0. The van der Waals surface area contributed by atoms with Crippen molar-refractivity contribution >= 4 is 45.6 Å². The number of ketones is 1. The van der Waals surface area contributed by atoms with Crippen LogP contribution in [0.25, 0.3) is 0 Å². The molecule has 0 radical (unpaired) electrons. The van der Waals surface area contributed by atoms with Gasteiger partial charge in [-0.25, -0.2) is 13.2 Å². The number of hydrogen-bond donors (Lipinski definition) is 2. The van der Waals surface area contributed by atoms with Gasteiger partial charge in [0.2, 0.25) is 15.9 Å². The van der Waals surface area contributed by atoms with Crippen molar-refractivity contribution in [2.75, 3.05) is 6.61 Å². The highest BCUT2D eigenvalue weighted by Gasteiger charge is 2.78. The van der Waals surface area contributed by atoms with E-state index < -0.39 is 134 Å². The molecule has 0 aromatic heterocycles. The van der Waals surface area contributed by atoms with E-state index in [1.54, 1.807) is 102 Å². The van der Waals surface area contributed by atoms with Crippen LogP contribution >= 0.6 is 0 Å². The molecule has 16 nitrogen and oxygen atoms in total. The molecule has 4 fully saturated rings. The van der Waals surface area contributed by atoms with E-state index >= 15 is 4.79 Å². The number of esters is 4. The Morgan fingerprint density at radius 1 is 0.845 bits per heavy atom. The first-order valence-electron chi connectivity index (χ1n) is 24.1. The molecule has 2 aliphatic heterocycles. The number of nitrogens with one attached hydrogen (secondary N) is 1. The van der Waals surface area contributed by atoms with Gasteiger partial charge in [-0.2, -0.15) is 4.31 Å². The van der Waals surface area contributed by atoms with Crippen LogP contribution in [-0.2, 0) is 57.7 Å². The molecule has 2 saturated heterocycles. The molecule has 8 rings (SSSR count). The summed E-state index contributed by atoms with van der Waals surface area (Å²) < 4.78 is 60.3. The van der Waals surface area contributed by atoms with Crippen LogP contribution in [0.5, 0.6) is 0 Å². The summed E-state index contributed by atoms with van der Waals surface area (Å²) in [5.41, 5.74) is -6.69. The van der Waals surface area contributed by atoms with Gasteiger partial charge in [-0.15, -0.1) is 0 Å². The summed E-state index contributed by atoms with van der Waals surface area (Å²) in [6.45, 7) is 17.1. The maximum atomic E-state index is 15.8. The molecular formula is C54H64N2O14S. The van der Waals surface area contributed by atoms with E-state index in [1.165, 1.54) is 38.1 Å². The van der Waals surface area contributed by atoms with Gasteiger partial charge < -0.3 is 34.1 Å². The Bertz CT molecular complexity index is 2800. The molecule has 3 aromatic carbocycles. The second-order valence-electron chi connectivity index (χ2n) is 21.2. The van der Waals surface area contributed by atoms with Gasteiger partial charge in [0.25, 0.3) is 0 Å². The smallest absolute Gasteiger partial charge is 0.338 e. The number of benzene rings is 3. The molecule has 2 bridgehead atoms. The van der Waals surface area contributed by atoms with Gasteiger partial charge in [-0.3, -0.25) is 24.0 Å². The van der Waals surface area contributed by atoms with Crippen molar-refractivity contribution in [1.82, 2.24) is 9.62 Å². The number of amides is 1. The van der Waals surface area contributed by atoms with Crippen molar-refractivity contribution in [3.05, 3.63) is 113 Å². The monoisotopic (exact) mass is 996 g/mol. The van der Waals surface area contributed by atoms with E-state index in [9.17, 15) is 37.5 Å². The summed E-state index contributed by atoms with van der Waals surface area (Å²) in [4.78, 5) is 86.1. The van der Waals surface area contributed by atoms with Gasteiger partial charge in [0.1, 0.15) is 29.5 Å². The summed E-state index contributed by atoms with van der Waals surface area (Å²) in [6.07, 6.45) is -5.66. The highest BCUT2D eigenvalue weighted by molar-refractivity contribution is 7.89. The van der Waals surface area contributed by atoms with E-state index in [-0.39, 0.29) is 29.1 Å². The fourth-order valence-corrected chi connectivity index (χ4v) is 14.3. The zero-order chi connectivity index (χ0) is 52.0. The molecule has 71 heavy (non-hydrogen) atoms. The predicted octanol–water partition coefficient (Wildman–Crippen LogP) is 6.13. The number of sulfonamides is 1. The summed E-state index contributed by atoms with van der Waals surface area (Å²) in [5, 5.41) is 16.9. The van der Waals surface area contributed by atoms with Gasteiger partial charge in [0.05, 0.1) is 41.0 Å². The number of carbonyl (C=O) groups is 6. The van der Waals surface area contributed by atoms with Gasteiger partial charge in [-0.1, -0.05) is 93.9 Å². The number of aliphatic hydroxyl groups is 1. The largest absolute Gasteiger partial charge is 0.457 e. The highest BCUT2D eigenvalue weighted by atomic mass is 32.2. The normalized spacial score (nSPS) is 34.6. The molecule has 1 amide bonds. The lowest BCUT2D eigenvalue weighted by Gasteiger charge is -2.68. The Hall–Kier alpha value is -5.75. The molecule has 17 heteroatoms. The Labute approximate surface area is 414 Å². The first kappa shape index (κ1) is 51.6. The SMILES string of the molecule is CC(=O)O[C@H]1C(=O)[C@@]2(C)[C@H]([C@H](OC(=O)c3ccccc3)[C@]3(O)C[C@H](OC(=O)[C@H](C)[C@@H](NC(=O)C4(C)C(C)N4S(=O)(=O)c4ccc(C)cc4)c4ccccc4)C(C)=C1C3(C)C)[C@]1(OC(C)=O)CO[C@@H]1C[C@@H]2C. The Morgan fingerprint density at radius 3 is 2.01 bits per heavy atom. The predicted molar refractivity (Wildman–Crippen MR) is 256 cm³/mol. The van der Waals surface area contributed by atoms with Gasteiger partial charge in [0.15, 0.2) is 17.5 Å². The minimum absolute atomic E-state index is 0.0285. The number of rotatable bonds is 12. The van der Waals surface area contributed by atoms with Crippen LogP contribution in [0, 0.1) is 35.5 Å². The number of Topliss-reactive ketones (excluding diaryl/α,β-unsaturated/α-hetero) is 1. The molecule has 380 valence electrons. The summed E-state index contributed by atoms with van der Waals surface area (Å²) in [7, 11) is -4.11. The lowest BCUT2D eigenvalue weighted by atomic mass is 9.43. The maximum absolute atomic E-state index is 15.8. The van der Waals surface area contributed by atoms with Crippen molar-refractivity contribution in [2.45, 2.75) is 147 Å². The van der Waals surface area contributed by atoms with Crippen LogP contribution in [0.1, 0.15) is 110 Å². The third-order valence-corrected chi connectivity index (χ3v) is 18.9. The Balaban J connectivity index is 1.22. The Morgan fingerprint density at radius 2 is 1.45 bits per heavy atom. The number of aryl methyl sites for hydroxylation is 1. The number of carbonyl (C=O) groups excluding carboxylic acids is 6. The number of fused-ring (bicyclic) bond motifs is 5. The fraction of sp³-hybridized carbons (Fsp3) is 0.519. The van der Waals surface area contributed by atoms with E-state index in [0.717, 1.165) is 16.8 Å². The average Bonchev–Trinajstić information content (AvgIpc) is 3.90. The lowest BCUT2D eigenvalue weighted by Crippen LogP contribution is -2.80. The topological polar surface area (TPSA) is 218 Å². The molecule has 5 aliphatic rings.